The lowest BCUT2D eigenvalue weighted by molar-refractivity contribution is -0.179. The second-order valence-electron chi connectivity index (χ2n) is 4.27. The van der Waals surface area contributed by atoms with Gasteiger partial charge in [0.15, 0.2) is 0 Å². The molecular weight excluding hydrogens is 255 g/mol. The first kappa shape index (κ1) is 14.7. The lowest BCUT2D eigenvalue weighted by Gasteiger charge is -2.36. The lowest BCUT2D eigenvalue weighted by Crippen LogP contribution is -2.59. The van der Waals surface area contributed by atoms with Crippen molar-refractivity contribution in [3.8, 4) is 0 Å². The van der Waals surface area contributed by atoms with Gasteiger partial charge in [-0.1, -0.05) is 0 Å². The molecule has 1 fully saturated rings. The number of carboxylic acids is 1. The van der Waals surface area contributed by atoms with Gasteiger partial charge in [0.2, 0.25) is 0 Å². The Hall–Kier alpha value is -1.31. The topological polar surface area (TPSA) is 75.6 Å². The monoisotopic (exact) mass is 269 g/mol. The summed E-state index contributed by atoms with van der Waals surface area (Å²) in [5.41, 5.74) is -1.85. The Labute approximate surface area is 101 Å². The first-order valence-electron chi connectivity index (χ1n) is 5.37. The van der Waals surface area contributed by atoms with Gasteiger partial charge in [-0.25, -0.2) is 4.79 Å². The number of nitrogens with one attached hydrogen (secondary N) is 1. The molecule has 0 radical (unpaired) electrons. The van der Waals surface area contributed by atoms with Crippen molar-refractivity contribution < 1.29 is 32.6 Å². The van der Waals surface area contributed by atoms with Gasteiger partial charge < -0.3 is 15.2 Å². The molecule has 1 saturated carbocycles. The van der Waals surface area contributed by atoms with Crippen LogP contribution in [0.5, 0.6) is 0 Å². The fourth-order valence-electron chi connectivity index (χ4n) is 2.00. The SMILES string of the molecule is COC1CCC(NC(=O)C(F)(F)F)(C(=O)O)CC1. The first-order valence-corrected chi connectivity index (χ1v) is 5.37. The molecule has 18 heavy (non-hydrogen) atoms. The Kier molecular flexibility index (Phi) is 4.20. The fraction of sp³-hybridized carbons (Fsp3) is 0.800. The third kappa shape index (κ3) is 3.12. The summed E-state index contributed by atoms with van der Waals surface area (Å²) in [6, 6.07) is 0. The molecule has 5 nitrogen and oxygen atoms in total. The van der Waals surface area contributed by atoms with Crippen LogP contribution in [-0.4, -0.2) is 41.9 Å². The van der Waals surface area contributed by atoms with Crippen LogP contribution in [0.2, 0.25) is 0 Å². The number of rotatable bonds is 3. The summed E-state index contributed by atoms with van der Waals surface area (Å²) < 4.78 is 41.5. The zero-order chi connectivity index (χ0) is 14.0. The van der Waals surface area contributed by atoms with Gasteiger partial charge >= 0.3 is 18.1 Å². The van der Waals surface area contributed by atoms with Gasteiger partial charge in [0.1, 0.15) is 5.54 Å². The number of halogens is 3. The highest BCUT2D eigenvalue weighted by Crippen LogP contribution is 2.31. The van der Waals surface area contributed by atoms with Crippen LogP contribution in [0.25, 0.3) is 0 Å². The number of methoxy groups -OCH3 is 1. The van der Waals surface area contributed by atoms with Crippen molar-refractivity contribution in [1.29, 1.82) is 0 Å². The van der Waals surface area contributed by atoms with Crippen LogP contribution in [0.4, 0.5) is 13.2 Å². The van der Waals surface area contributed by atoms with Crippen LogP contribution in [0.1, 0.15) is 25.7 Å². The Morgan fingerprint density at radius 2 is 1.83 bits per heavy atom. The number of ether oxygens (including phenoxy) is 1. The van der Waals surface area contributed by atoms with E-state index in [4.69, 9.17) is 9.84 Å². The van der Waals surface area contributed by atoms with Crippen LogP contribution in [0, 0.1) is 0 Å². The number of carbonyl (C=O) groups excluding carboxylic acids is 1. The van der Waals surface area contributed by atoms with Crippen LogP contribution in [0.3, 0.4) is 0 Å². The van der Waals surface area contributed by atoms with Crippen molar-refractivity contribution in [2.45, 2.75) is 43.5 Å². The van der Waals surface area contributed by atoms with E-state index in [1.54, 1.807) is 5.32 Å². The predicted molar refractivity (Wildman–Crippen MR) is 53.8 cm³/mol. The molecule has 0 aromatic rings. The molecule has 0 saturated heterocycles. The van der Waals surface area contributed by atoms with Crippen LogP contribution < -0.4 is 5.32 Å². The van der Waals surface area contributed by atoms with Crippen molar-refractivity contribution in [1.82, 2.24) is 5.32 Å². The van der Waals surface area contributed by atoms with E-state index in [0.29, 0.717) is 12.8 Å². The maximum absolute atomic E-state index is 12.2. The lowest BCUT2D eigenvalue weighted by atomic mass is 9.80. The van der Waals surface area contributed by atoms with Gasteiger partial charge in [0, 0.05) is 7.11 Å². The molecule has 0 atom stereocenters. The largest absolute Gasteiger partial charge is 0.480 e. The molecule has 8 heteroatoms. The molecule has 0 bridgehead atoms. The highest BCUT2D eigenvalue weighted by atomic mass is 19.4. The minimum atomic E-state index is -5.08. The van der Waals surface area contributed by atoms with E-state index in [1.807, 2.05) is 0 Å². The van der Waals surface area contributed by atoms with E-state index in [9.17, 15) is 22.8 Å². The van der Waals surface area contributed by atoms with E-state index in [0.717, 1.165) is 0 Å². The number of hydrogen-bond donors (Lipinski definition) is 2. The third-order valence-corrected chi connectivity index (χ3v) is 3.14. The van der Waals surface area contributed by atoms with Gasteiger partial charge in [-0.05, 0) is 25.7 Å². The molecule has 1 amide bonds. The summed E-state index contributed by atoms with van der Waals surface area (Å²) in [5, 5.41) is 10.6. The summed E-state index contributed by atoms with van der Waals surface area (Å²) in [7, 11) is 1.45. The zero-order valence-electron chi connectivity index (χ0n) is 9.71. The van der Waals surface area contributed by atoms with E-state index >= 15 is 0 Å². The van der Waals surface area contributed by atoms with E-state index in [2.05, 4.69) is 0 Å². The van der Waals surface area contributed by atoms with E-state index in [1.165, 1.54) is 7.11 Å². The highest BCUT2D eigenvalue weighted by Gasteiger charge is 2.49. The predicted octanol–water partition coefficient (Wildman–Crippen LogP) is 1.08. The minimum absolute atomic E-state index is 0.0807. The number of alkyl halides is 3. The van der Waals surface area contributed by atoms with Gasteiger partial charge in [-0.2, -0.15) is 13.2 Å². The summed E-state index contributed by atoms with van der Waals surface area (Å²) in [6.45, 7) is 0. The quantitative estimate of drug-likeness (QED) is 0.803. The smallest absolute Gasteiger partial charge is 0.471 e. The van der Waals surface area contributed by atoms with Gasteiger partial charge in [0.25, 0.3) is 0 Å². The molecule has 1 rings (SSSR count). The summed E-state index contributed by atoms with van der Waals surface area (Å²) >= 11 is 0. The molecule has 0 heterocycles. The molecule has 0 aromatic heterocycles. The van der Waals surface area contributed by atoms with Gasteiger partial charge in [-0.3, -0.25) is 4.79 Å². The number of carboxylic acid groups (broad SMARTS) is 1. The maximum atomic E-state index is 12.2. The fourth-order valence-corrected chi connectivity index (χ4v) is 2.00. The molecule has 0 spiro atoms. The normalized spacial score (nSPS) is 28.8. The van der Waals surface area contributed by atoms with E-state index in [-0.39, 0.29) is 18.9 Å². The van der Waals surface area contributed by atoms with Crippen molar-refractivity contribution in [2.24, 2.45) is 0 Å². The molecule has 0 unspecified atom stereocenters. The Balaban J connectivity index is 2.78. The number of amides is 1. The number of aliphatic carboxylic acids is 1. The third-order valence-electron chi connectivity index (χ3n) is 3.14. The molecule has 104 valence electrons. The second-order valence-corrected chi connectivity index (χ2v) is 4.27. The maximum Gasteiger partial charge on any atom is 0.471 e. The average molecular weight is 269 g/mol. The van der Waals surface area contributed by atoms with Gasteiger partial charge in [-0.15, -0.1) is 0 Å². The standard InChI is InChI=1S/C10H14F3NO4/c1-18-6-2-4-9(5-3-6,8(16)17)14-7(15)10(11,12)13/h6H,2-5H2,1H3,(H,14,15)(H,16,17). The second kappa shape index (κ2) is 5.13. The Morgan fingerprint density at radius 1 is 1.33 bits per heavy atom. The van der Waals surface area contributed by atoms with Gasteiger partial charge in [0.05, 0.1) is 6.10 Å². The zero-order valence-corrected chi connectivity index (χ0v) is 9.71. The van der Waals surface area contributed by atoms with E-state index < -0.39 is 23.6 Å². The van der Waals surface area contributed by atoms with Crippen LogP contribution in [-0.2, 0) is 14.3 Å². The number of carbonyl (C=O) groups is 2. The Bertz CT molecular complexity index is 335. The van der Waals surface area contributed by atoms with Crippen molar-refractivity contribution in [2.75, 3.05) is 7.11 Å². The first-order chi connectivity index (χ1) is 8.21. The molecule has 0 aliphatic heterocycles. The molecule has 0 aromatic carbocycles. The van der Waals surface area contributed by atoms with Crippen molar-refractivity contribution >= 4 is 11.9 Å². The molecule has 1 aliphatic carbocycles. The molecular formula is C10H14F3NO4. The van der Waals surface area contributed by atoms with Crippen molar-refractivity contribution in [3.63, 3.8) is 0 Å². The highest BCUT2D eigenvalue weighted by molar-refractivity contribution is 5.89. The average Bonchev–Trinajstić information content (AvgIpc) is 2.28. The Morgan fingerprint density at radius 3 is 2.17 bits per heavy atom. The molecule has 1 aliphatic rings. The van der Waals surface area contributed by atoms with Crippen LogP contribution in [0.15, 0.2) is 0 Å². The number of hydrogen-bond acceptors (Lipinski definition) is 3. The molecule has 2 N–H and O–H groups in total. The summed E-state index contributed by atoms with van der Waals surface area (Å²) in [6.07, 6.45) is -4.84. The summed E-state index contributed by atoms with van der Waals surface area (Å²) in [5.74, 6) is -3.67. The minimum Gasteiger partial charge on any atom is -0.480 e. The van der Waals surface area contributed by atoms with Crippen LogP contribution >= 0.6 is 0 Å². The van der Waals surface area contributed by atoms with Crippen molar-refractivity contribution in [3.05, 3.63) is 0 Å². The summed E-state index contributed by atoms with van der Waals surface area (Å²) in [4.78, 5) is 22.0.